The Labute approximate surface area is 118 Å². The van der Waals surface area contributed by atoms with Gasteiger partial charge >= 0.3 is 5.97 Å². The van der Waals surface area contributed by atoms with E-state index in [1.807, 2.05) is 12.1 Å². The summed E-state index contributed by atoms with van der Waals surface area (Å²) in [4.78, 5) is 11.4. The van der Waals surface area contributed by atoms with E-state index in [1.54, 1.807) is 11.3 Å². The number of thiophene rings is 1. The molecule has 0 saturated heterocycles. The zero-order chi connectivity index (χ0) is 13.6. The summed E-state index contributed by atoms with van der Waals surface area (Å²) in [5.41, 5.74) is 0. The summed E-state index contributed by atoms with van der Waals surface area (Å²) in [5.74, 6) is -1.12. The van der Waals surface area contributed by atoms with Crippen LogP contribution in [0.15, 0.2) is 15.9 Å². The van der Waals surface area contributed by atoms with Crippen molar-refractivity contribution in [1.29, 1.82) is 0 Å². The molecule has 0 unspecified atom stereocenters. The zero-order valence-electron chi connectivity index (χ0n) is 9.56. The lowest BCUT2D eigenvalue weighted by atomic mass is 10.3. The van der Waals surface area contributed by atoms with Gasteiger partial charge in [-0.2, -0.15) is 0 Å². The average Bonchev–Trinajstić information content (AvgIpc) is 2.63. The van der Waals surface area contributed by atoms with Crippen LogP contribution < -0.4 is 4.72 Å². The van der Waals surface area contributed by atoms with Gasteiger partial charge in [-0.25, -0.2) is 13.1 Å². The number of carboxylic acid groups (broad SMARTS) is 1. The van der Waals surface area contributed by atoms with Crippen LogP contribution in [0.3, 0.4) is 0 Å². The molecule has 102 valence electrons. The average molecular weight is 356 g/mol. The van der Waals surface area contributed by atoms with Gasteiger partial charge in [-0.15, -0.1) is 11.3 Å². The van der Waals surface area contributed by atoms with E-state index in [0.29, 0.717) is 13.0 Å². The first kappa shape index (κ1) is 15.6. The van der Waals surface area contributed by atoms with Crippen molar-refractivity contribution in [3.8, 4) is 0 Å². The number of halogens is 1. The fourth-order valence-corrected chi connectivity index (χ4v) is 3.87. The number of hydrogen-bond donors (Lipinski definition) is 2. The second-order valence-electron chi connectivity index (χ2n) is 3.67. The van der Waals surface area contributed by atoms with Gasteiger partial charge in [0.05, 0.1) is 9.54 Å². The molecule has 0 bridgehead atoms. The predicted molar refractivity (Wildman–Crippen MR) is 74.4 cm³/mol. The maximum Gasteiger partial charge on any atom is 0.303 e. The Balaban J connectivity index is 2.27. The minimum absolute atomic E-state index is 0.126. The van der Waals surface area contributed by atoms with Crippen molar-refractivity contribution in [1.82, 2.24) is 4.72 Å². The smallest absolute Gasteiger partial charge is 0.303 e. The summed E-state index contributed by atoms with van der Waals surface area (Å²) in [7, 11) is -3.36. The van der Waals surface area contributed by atoms with E-state index in [9.17, 15) is 13.2 Å². The first-order valence-electron chi connectivity index (χ1n) is 5.32. The fraction of sp³-hybridized carbons (Fsp3) is 0.500. The summed E-state index contributed by atoms with van der Waals surface area (Å²) >= 11 is 4.90. The van der Waals surface area contributed by atoms with Gasteiger partial charge < -0.3 is 5.11 Å². The van der Waals surface area contributed by atoms with Gasteiger partial charge in [0.1, 0.15) is 0 Å². The van der Waals surface area contributed by atoms with Crippen molar-refractivity contribution < 1.29 is 18.3 Å². The third-order valence-electron chi connectivity index (χ3n) is 2.13. The molecule has 2 N–H and O–H groups in total. The molecule has 1 heterocycles. The lowest BCUT2D eigenvalue weighted by Gasteiger charge is -2.04. The van der Waals surface area contributed by atoms with Gasteiger partial charge in [0.15, 0.2) is 0 Å². The zero-order valence-corrected chi connectivity index (χ0v) is 12.8. The second kappa shape index (κ2) is 7.22. The molecular formula is C10H14BrNO4S2. The number of carboxylic acids is 1. The summed E-state index contributed by atoms with van der Waals surface area (Å²) < 4.78 is 26.5. The van der Waals surface area contributed by atoms with Gasteiger partial charge in [0.2, 0.25) is 10.0 Å². The van der Waals surface area contributed by atoms with Crippen molar-refractivity contribution in [3.05, 3.63) is 20.8 Å². The number of aliphatic carboxylic acids is 1. The van der Waals surface area contributed by atoms with Crippen LogP contribution in [0.25, 0.3) is 0 Å². The molecule has 1 aromatic heterocycles. The van der Waals surface area contributed by atoms with Gasteiger partial charge in [-0.1, -0.05) is 0 Å². The molecule has 0 aliphatic carbocycles. The summed E-state index contributed by atoms with van der Waals surface area (Å²) in [6.07, 6.45) is 0.641. The number of nitrogens with one attached hydrogen (secondary N) is 1. The van der Waals surface area contributed by atoms with Gasteiger partial charge in [0, 0.05) is 17.8 Å². The Morgan fingerprint density at radius 3 is 2.72 bits per heavy atom. The quantitative estimate of drug-likeness (QED) is 0.745. The van der Waals surface area contributed by atoms with Crippen LogP contribution >= 0.6 is 27.3 Å². The maximum atomic E-state index is 11.5. The van der Waals surface area contributed by atoms with Crippen LogP contribution in [0.5, 0.6) is 0 Å². The molecule has 0 aromatic carbocycles. The van der Waals surface area contributed by atoms with Crippen molar-refractivity contribution in [2.75, 3.05) is 12.3 Å². The largest absolute Gasteiger partial charge is 0.481 e. The Bertz CT molecular complexity index is 498. The Hall–Kier alpha value is -0.440. The molecule has 0 radical (unpaired) electrons. The van der Waals surface area contributed by atoms with E-state index in [-0.39, 0.29) is 18.6 Å². The lowest BCUT2D eigenvalue weighted by Crippen LogP contribution is -2.28. The Morgan fingerprint density at radius 2 is 2.17 bits per heavy atom. The second-order valence-corrected chi connectivity index (χ2v) is 8.14. The SMILES string of the molecule is O=C(O)CCCS(=O)(=O)NCCc1ccc(Br)s1. The molecule has 0 spiro atoms. The van der Waals surface area contributed by atoms with Crippen LogP contribution in [0.1, 0.15) is 17.7 Å². The minimum Gasteiger partial charge on any atom is -0.481 e. The number of hydrogen-bond acceptors (Lipinski definition) is 4. The van der Waals surface area contributed by atoms with Crippen molar-refractivity contribution >= 4 is 43.3 Å². The highest BCUT2D eigenvalue weighted by atomic mass is 79.9. The number of carbonyl (C=O) groups is 1. The third-order valence-corrected chi connectivity index (χ3v) is 5.28. The lowest BCUT2D eigenvalue weighted by molar-refractivity contribution is -0.137. The molecule has 1 aromatic rings. The van der Waals surface area contributed by atoms with E-state index in [0.717, 1.165) is 8.66 Å². The van der Waals surface area contributed by atoms with Crippen LogP contribution in [0.2, 0.25) is 0 Å². The van der Waals surface area contributed by atoms with E-state index < -0.39 is 16.0 Å². The van der Waals surface area contributed by atoms with Gasteiger partial charge in [-0.3, -0.25) is 4.79 Å². The maximum absolute atomic E-state index is 11.5. The first-order chi connectivity index (χ1) is 8.39. The van der Waals surface area contributed by atoms with E-state index >= 15 is 0 Å². The highest BCUT2D eigenvalue weighted by Crippen LogP contribution is 2.22. The van der Waals surface area contributed by atoms with Crippen LogP contribution in [-0.4, -0.2) is 31.8 Å². The van der Waals surface area contributed by atoms with Crippen LogP contribution in [-0.2, 0) is 21.2 Å². The monoisotopic (exact) mass is 355 g/mol. The standard InChI is InChI=1S/C10H14BrNO4S2/c11-9-4-3-8(17-9)5-6-12-18(15,16)7-1-2-10(13)14/h3-4,12H,1-2,5-7H2,(H,13,14). The van der Waals surface area contributed by atoms with E-state index in [4.69, 9.17) is 5.11 Å². The molecule has 0 fully saturated rings. The molecule has 5 nitrogen and oxygen atoms in total. The highest BCUT2D eigenvalue weighted by molar-refractivity contribution is 9.11. The number of rotatable bonds is 8. The molecule has 8 heteroatoms. The molecule has 0 aliphatic rings. The normalized spacial score (nSPS) is 11.6. The van der Waals surface area contributed by atoms with Crippen molar-refractivity contribution in [2.45, 2.75) is 19.3 Å². The molecule has 0 amide bonds. The highest BCUT2D eigenvalue weighted by Gasteiger charge is 2.10. The van der Waals surface area contributed by atoms with Crippen molar-refractivity contribution in [2.24, 2.45) is 0 Å². The molecular weight excluding hydrogens is 342 g/mol. The molecule has 1 rings (SSSR count). The molecule has 0 atom stereocenters. The predicted octanol–water partition coefficient (Wildman–Crippen LogP) is 1.84. The van der Waals surface area contributed by atoms with E-state index in [2.05, 4.69) is 20.7 Å². The Kier molecular flexibility index (Phi) is 6.27. The van der Waals surface area contributed by atoms with Gasteiger partial charge in [-0.05, 0) is 40.9 Å². The van der Waals surface area contributed by atoms with E-state index in [1.165, 1.54) is 0 Å². The molecule has 0 saturated carbocycles. The molecule has 18 heavy (non-hydrogen) atoms. The fourth-order valence-electron chi connectivity index (χ4n) is 1.30. The van der Waals surface area contributed by atoms with Crippen LogP contribution in [0.4, 0.5) is 0 Å². The summed E-state index contributed by atoms with van der Waals surface area (Å²) in [5, 5.41) is 8.42. The minimum atomic E-state index is -3.36. The third kappa shape index (κ3) is 6.48. The van der Waals surface area contributed by atoms with Gasteiger partial charge in [0.25, 0.3) is 0 Å². The van der Waals surface area contributed by atoms with Crippen LogP contribution in [0, 0.1) is 0 Å². The topological polar surface area (TPSA) is 83.5 Å². The Morgan fingerprint density at radius 1 is 1.44 bits per heavy atom. The molecule has 0 aliphatic heterocycles. The summed E-state index contributed by atoms with van der Waals surface area (Å²) in [6, 6.07) is 3.86. The van der Waals surface area contributed by atoms with Crippen molar-refractivity contribution in [3.63, 3.8) is 0 Å². The number of sulfonamides is 1. The first-order valence-corrected chi connectivity index (χ1v) is 8.58. The summed E-state index contributed by atoms with van der Waals surface area (Å²) in [6.45, 7) is 0.336.